The van der Waals surface area contributed by atoms with Crippen molar-refractivity contribution in [2.24, 2.45) is 0 Å². The second-order valence-electron chi connectivity index (χ2n) is 23.1. The third kappa shape index (κ3) is 14.6. The Balaban J connectivity index is 0.000000167. The maximum absolute atomic E-state index is 13.9. The lowest BCUT2D eigenvalue weighted by atomic mass is 10.1. The summed E-state index contributed by atoms with van der Waals surface area (Å²) in [4.78, 5) is 58.8. The SMILES string of the molecule is O=C(NCc1ccc(OC(F)(F)F)cc1)[C@H]1CN(c2nc3nc(C4CC4)nc(Cl)c3s2)CCN1S(=O)(=O)c1ccc(C2CC2)cc1.O=C(NCc1ccc(OC(F)(F)F)cc1)[C@H]1CN(c2nc3nc(C4CC4)ncc3s2)CCN1S(=O)(=O)c1ccc(C2CC2)cc1. The van der Waals surface area contributed by atoms with Gasteiger partial charge in [-0.2, -0.15) is 18.6 Å². The first-order valence-electron chi connectivity index (χ1n) is 29.4. The van der Waals surface area contributed by atoms with E-state index < -0.39 is 56.7 Å². The number of nitrogens with zero attached hydrogens (tertiary/aromatic N) is 10. The van der Waals surface area contributed by atoms with Gasteiger partial charge in [-0.05, 0) is 134 Å². The van der Waals surface area contributed by atoms with Crippen molar-refractivity contribution >= 4 is 97.1 Å². The van der Waals surface area contributed by atoms with Gasteiger partial charge in [0.1, 0.15) is 39.9 Å². The number of hydrogen-bond acceptors (Lipinski definition) is 18. The van der Waals surface area contributed by atoms with E-state index in [9.17, 15) is 52.8 Å². The quantitative estimate of drug-likeness (QED) is 0.0600. The minimum atomic E-state index is -4.82. The molecule has 2 N–H and O–H groups in total. The van der Waals surface area contributed by atoms with Gasteiger partial charge >= 0.3 is 12.7 Å². The molecule has 6 fully saturated rings. The Morgan fingerprint density at radius 1 is 0.527 bits per heavy atom. The minimum absolute atomic E-state index is 0.00390. The largest absolute Gasteiger partial charge is 0.573 e. The predicted octanol–water partition coefficient (Wildman–Crippen LogP) is 10.5. The number of fused-ring (bicyclic) bond motifs is 2. The highest BCUT2D eigenvalue weighted by atomic mass is 35.5. The number of amides is 2. The Kier molecular flexibility index (Phi) is 17.1. The van der Waals surface area contributed by atoms with Gasteiger partial charge in [0.05, 0.1) is 20.7 Å². The first kappa shape index (κ1) is 62.5. The molecule has 8 aromatic rings. The number of alkyl halides is 6. The minimum Gasteiger partial charge on any atom is -0.406 e. The molecule has 31 heteroatoms. The molecule has 0 bridgehead atoms. The highest BCUT2D eigenvalue weighted by Gasteiger charge is 2.44. The Labute approximate surface area is 531 Å². The summed E-state index contributed by atoms with van der Waals surface area (Å²) in [5.41, 5.74) is 4.26. The monoisotopic (exact) mass is 1350 g/mol. The van der Waals surface area contributed by atoms with Crippen molar-refractivity contribution in [3.63, 3.8) is 0 Å². The van der Waals surface area contributed by atoms with Crippen LogP contribution in [0.15, 0.2) is 113 Å². The van der Waals surface area contributed by atoms with Crippen LogP contribution in [0.2, 0.25) is 5.15 Å². The lowest BCUT2D eigenvalue weighted by Gasteiger charge is -2.39. The number of ether oxygens (including phenoxy) is 2. The molecule has 20 nitrogen and oxygen atoms in total. The van der Waals surface area contributed by atoms with E-state index in [-0.39, 0.29) is 73.0 Å². The van der Waals surface area contributed by atoms with Crippen molar-refractivity contribution in [2.45, 2.75) is 123 Å². The van der Waals surface area contributed by atoms with Crippen LogP contribution in [0.1, 0.15) is 109 Å². The lowest BCUT2D eigenvalue weighted by Crippen LogP contribution is -2.60. The Bertz CT molecular complexity index is 4250. The number of piperazine rings is 2. The Morgan fingerprint density at radius 3 is 1.38 bits per heavy atom. The van der Waals surface area contributed by atoms with Gasteiger partial charge in [0, 0.05) is 64.2 Å². The Morgan fingerprint density at radius 2 is 0.945 bits per heavy atom. The fourth-order valence-electron chi connectivity index (χ4n) is 10.9. The summed E-state index contributed by atoms with van der Waals surface area (Å²) < 4.78 is 143. The van der Waals surface area contributed by atoms with Gasteiger partial charge in [-0.15, -0.1) is 26.3 Å². The lowest BCUT2D eigenvalue weighted by molar-refractivity contribution is -0.275. The molecule has 2 saturated heterocycles. The maximum Gasteiger partial charge on any atom is 0.573 e. The van der Waals surface area contributed by atoms with Gasteiger partial charge in [-0.25, -0.2) is 36.8 Å². The standard InChI is InChI=1S/C30H28ClF3N6O4S2.C30H29F3N6O4S2/c31-25-24-27(37-26(36-25)20-5-6-20)38-29(45-24)39-13-14-40(46(42,43)22-11-7-19(8-12-22)18-3-4-18)23(16-39)28(41)35-15-17-1-9-21(10-2-17)44-30(32,33)34;31-30(32,33)43-22-9-1-18(2-10-22)15-35-28(40)24-17-38(29-37-27-25(44-29)16-34-26(36-27)21-5-6-21)13-14-39(24)45(41,42)23-11-7-20(8-12-23)19-3-4-19/h1-2,7-12,18,20,23H,3-6,13-16H2,(H,35,41);1-2,7-12,16,19,21,24H,3-6,13-15,17H2,(H,35,40)/t23-;24-/m11/s1. The normalized spacial score (nSPS) is 19.5. The summed E-state index contributed by atoms with van der Waals surface area (Å²) in [7, 11) is -8.11. The number of carbonyl (C=O) groups is 2. The second kappa shape index (κ2) is 24.9. The molecule has 0 spiro atoms. The number of rotatable bonds is 18. The zero-order chi connectivity index (χ0) is 63.6. The molecule has 14 rings (SSSR count). The highest BCUT2D eigenvalue weighted by Crippen LogP contribution is 2.44. The van der Waals surface area contributed by atoms with Crippen molar-refractivity contribution in [2.75, 3.05) is 49.1 Å². The van der Waals surface area contributed by atoms with E-state index >= 15 is 0 Å². The molecule has 478 valence electrons. The van der Waals surface area contributed by atoms with Crippen molar-refractivity contribution in [1.29, 1.82) is 0 Å². The van der Waals surface area contributed by atoms with E-state index in [0.717, 1.165) is 97.3 Å². The van der Waals surface area contributed by atoms with Gasteiger partial charge in [-0.1, -0.05) is 82.8 Å². The number of anilines is 2. The van der Waals surface area contributed by atoms with E-state index in [1.54, 1.807) is 30.5 Å². The van der Waals surface area contributed by atoms with Gasteiger partial charge in [0.25, 0.3) is 0 Å². The molecule has 4 aliphatic carbocycles. The third-order valence-electron chi connectivity index (χ3n) is 16.4. The fraction of sp³-hybridized carbons (Fsp3) is 0.400. The average molecular weight is 1350 g/mol. The summed E-state index contributed by atoms with van der Waals surface area (Å²) in [5.74, 6) is 1.15. The zero-order valence-electron chi connectivity index (χ0n) is 48.1. The highest BCUT2D eigenvalue weighted by molar-refractivity contribution is 7.89. The number of thiazole rings is 2. The topological polar surface area (TPSA) is 235 Å². The first-order valence-corrected chi connectivity index (χ1v) is 34.3. The molecule has 2 atom stereocenters. The van der Waals surface area contributed by atoms with Crippen LogP contribution in [-0.4, -0.2) is 131 Å². The van der Waals surface area contributed by atoms with Crippen molar-refractivity contribution in [3.8, 4) is 11.5 Å². The van der Waals surface area contributed by atoms with Crippen LogP contribution in [0.25, 0.3) is 20.7 Å². The van der Waals surface area contributed by atoms with Gasteiger partial charge in [-0.3, -0.25) is 9.59 Å². The molecule has 4 aromatic carbocycles. The summed E-state index contributed by atoms with van der Waals surface area (Å²) in [6, 6.07) is 21.7. The molecular weight excluding hydrogens is 1290 g/mol. The van der Waals surface area contributed by atoms with Gasteiger partial charge in [0.15, 0.2) is 26.7 Å². The van der Waals surface area contributed by atoms with Crippen molar-refractivity contribution < 1.29 is 62.2 Å². The Hall–Kier alpha value is -7.35. The van der Waals surface area contributed by atoms with E-state index in [0.29, 0.717) is 72.7 Å². The van der Waals surface area contributed by atoms with Crippen LogP contribution in [0, 0.1) is 0 Å². The molecule has 0 radical (unpaired) electrons. The van der Waals surface area contributed by atoms with Crippen LogP contribution < -0.4 is 29.9 Å². The summed E-state index contributed by atoms with van der Waals surface area (Å²) >= 11 is 9.15. The van der Waals surface area contributed by atoms with Crippen LogP contribution in [-0.2, 0) is 42.7 Å². The molecule has 91 heavy (non-hydrogen) atoms. The van der Waals surface area contributed by atoms with Crippen molar-refractivity contribution in [1.82, 2.24) is 49.1 Å². The van der Waals surface area contributed by atoms with Gasteiger partial charge < -0.3 is 29.9 Å². The van der Waals surface area contributed by atoms with Crippen LogP contribution in [0.5, 0.6) is 11.5 Å². The third-order valence-corrected chi connectivity index (χ3v) is 22.8. The number of carbonyl (C=O) groups excluding carboxylic acids is 2. The average Bonchev–Trinajstić information content (AvgIpc) is 1.81. The van der Waals surface area contributed by atoms with E-state index in [4.69, 9.17) is 16.6 Å². The molecule has 2 amide bonds. The van der Waals surface area contributed by atoms with Crippen molar-refractivity contribution in [3.05, 3.63) is 142 Å². The predicted molar refractivity (Wildman–Crippen MR) is 326 cm³/mol. The molecule has 4 saturated carbocycles. The number of aromatic nitrogens is 6. The fourth-order valence-corrected chi connectivity index (χ4v) is 16.2. The molecule has 6 heterocycles. The van der Waals surface area contributed by atoms with E-state index in [1.807, 2.05) is 34.1 Å². The maximum atomic E-state index is 13.9. The smallest absolute Gasteiger partial charge is 0.406 e. The number of hydrogen-bond donors (Lipinski definition) is 2. The summed E-state index contributed by atoms with van der Waals surface area (Å²) in [6.45, 7) is 0.626. The van der Waals surface area contributed by atoms with E-state index in [2.05, 4.69) is 45.0 Å². The van der Waals surface area contributed by atoms with E-state index in [1.165, 1.54) is 55.5 Å². The molecular formula is C60H57ClF6N12O8S4. The number of halogens is 7. The zero-order valence-corrected chi connectivity index (χ0v) is 52.1. The van der Waals surface area contributed by atoms with Gasteiger partial charge in [0.2, 0.25) is 31.9 Å². The first-order chi connectivity index (χ1) is 43.5. The number of sulfonamides is 2. The molecule has 6 aliphatic rings. The number of benzene rings is 4. The summed E-state index contributed by atoms with van der Waals surface area (Å²) in [5, 5.41) is 7.01. The summed E-state index contributed by atoms with van der Waals surface area (Å²) in [6.07, 6.45) is 0.593. The second-order valence-corrected chi connectivity index (χ2v) is 29.3. The molecule has 0 unspecified atom stereocenters. The molecule has 4 aromatic heterocycles. The number of nitrogens with one attached hydrogen (secondary N) is 2. The molecule has 2 aliphatic heterocycles. The van der Waals surface area contributed by atoms with Crippen LogP contribution in [0.3, 0.4) is 0 Å². The van der Waals surface area contributed by atoms with Crippen LogP contribution in [0.4, 0.5) is 36.6 Å². The van der Waals surface area contributed by atoms with Crippen LogP contribution >= 0.6 is 34.3 Å².